The highest BCUT2D eigenvalue weighted by molar-refractivity contribution is 5.53. The van der Waals surface area contributed by atoms with Crippen molar-refractivity contribution in [2.45, 2.75) is 421 Å². The summed E-state index contributed by atoms with van der Waals surface area (Å²) in [6, 6.07) is 16.4. The van der Waals surface area contributed by atoms with Crippen molar-refractivity contribution in [3.8, 4) is 0 Å². The number of anilines is 2. The van der Waals surface area contributed by atoms with Crippen molar-refractivity contribution in [1.82, 2.24) is 24.3 Å². The van der Waals surface area contributed by atoms with Gasteiger partial charge in [0.1, 0.15) is 24.8 Å². The van der Waals surface area contributed by atoms with E-state index in [9.17, 15) is 0 Å². The average Bonchev–Trinajstić information content (AvgIpc) is 1.77. The molecule has 0 amide bonds. The van der Waals surface area contributed by atoms with Crippen LogP contribution in [0.5, 0.6) is 0 Å². The van der Waals surface area contributed by atoms with Crippen LogP contribution in [0.4, 0.5) is 11.5 Å². The lowest BCUT2D eigenvalue weighted by molar-refractivity contribution is -0.964. The third-order valence-electron chi connectivity index (χ3n) is 35.9. The molecule has 10 fully saturated rings. The number of nitrogens with zero attached hydrogens (tertiary/aromatic N) is 14. The van der Waals surface area contributed by atoms with Gasteiger partial charge in [-0.1, -0.05) is 27.7 Å². The van der Waals surface area contributed by atoms with Gasteiger partial charge in [0.05, 0.1) is 161 Å². The molecule has 14 aliphatic heterocycles. The molecule has 682 valence electrons. The summed E-state index contributed by atoms with van der Waals surface area (Å²) in [5.74, 6) is 2.83. The maximum Gasteiger partial charge on any atom is 0.206 e. The first kappa shape index (κ1) is 101. The number of piperidine rings is 6. The van der Waals surface area contributed by atoms with E-state index in [1.165, 1.54) is 270 Å². The molecular weight excluding hydrogens is 1450 g/mol. The SMILES string of the molecule is CC(C)C12CC[N+](C(C)C)(CC1)CC2.CC(C)N1CC2(CC[N+](C)(C(C)C)CC2)C1.CC(C)N1CC2=C(C1)C[N+](C)(C(C)C)C2.CC(C)N1CCC2(CC1)CC[N+](C)(C(C)C)CC2.CC(C)N1CCC2C1CC[N+]2(C)C(C)C.CC(C)N1CCc2c1ccc[n+]2C(C)C.CC(C)[N+]1(C(C)C)CCCC1.CC(C)c1c[n+](C(C)C)n2c1NCC2. The van der Waals surface area contributed by atoms with E-state index in [-0.39, 0.29) is 0 Å². The van der Waals surface area contributed by atoms with E-state index in [1.54, 1.807) is 11.1 Å². The standard InChI is InChI=1S/C16H33N2.C14H29N2.C13H25N2.C13H27N2.C13H21N2.C13H26N.C11H19N3.C10H22N/c1-14(2)17-10-6-16(7-11-17)8-12-18(5,13-9-16)15(3)4;1-12(2)15-10-14(11-15)6-8-16(5,9-7-14)13(3)4;1-10(2)14-6-12-8-15(5,11(3)4)9-13(12)7-14;1-10(2)14-8-6-13-12(14)7-9-15(13,5)11(3)4;1-10(2)14-8-5-6-12-13(14)7-9-15(12)11(3)4;1-11(2)13-5-8-14(9-6-13,10-7-13)12(3)4;1-8(2)10-7-14(9(3)4)13-6-5-12-11(10)13;1-9(2)11(10(3)4)7-5-6-8-11/h14-15H,6-13H2,1-5H3;12-13H,6-11H2,1-5H3;10-11H,6-9H2,1-5H3;10-13H,6-9H2,1-5H3;5-6,8,10-11H,7,9H2,1-4H3;11-12H,5-10H2,1-4H3;7-9H,5-6H2,1-4H3;9-10H,5-8H2,1-4H3/q6*+1;;+1/p+1. The van der Waals surface area contributed by atoms with Crippen LogP contribution in [0.2, 0.25) is 0 Å². The van der Waals surface area contributed by atoms with Gasteiger partial charge in [-0.15, -0.1) is 9.36 Å². The minimum atomic E-state index is 0.543. The van der Waals surface area contributed by atoms with Crippen molar-refractivity contribution in [2.24, 2.45) is 22.2 Å². The van der Waals surface area contributed by atoms with Gasteiger partial charge in [-0.05, 0) is 249 Å². The Kier molecular flexibility index (Phi) is 35.3. The lowest BCUT2D eigenvalue weighted by Gasteiger charge is -2.58. The Bertz CT molecular complexity index is 3270. The summed E-state index contributed by atoms with van der Waals surface area (Å²) in [6.07, 6.45) is 24.6. The van der Waals surface area contributed by atoms with E-state index < -0.39 is 0 Å². The third kappa shape index (κ3) is 23.0. The molecule has 0 saturated carbocycles. The van der Waals surface area contributed by atoms with E-state index in [2.05, 4.69) is 318 Å². The summed E-state index contributed by atoms with van der Waals surface area (Å²) in [6.45, 7) is 104. The summed E-state index contributed by atoms with van der Waals surface area (Å²) in [5.41, 5.74) is 9.99. The van der Waals surface area contributed by atoms with Crippen LogP contribution in [0.25, 0.3) is 0 Å². The first-order chi connectivity index (χ1) is 54.9. The van der Waals surface area contributed by atoms with Crippen LogP contribution in [-0.2, 0) is 13.0 Å². The fourth-order valence-corrected chi connectivity index (χ4v) is 24.3. The number of likely N-dealkylation sites (tertiary alicyclic amines) is 7. The molecule has 2 bridgehead atoms. The largest absolute Gasteiger partial charge is 0.365 e. The Morgan fingerprint density at radius 1 is 0.441 bits per heavy atom. The van der Waals surface area contributed by atoms with Gasteiger partial charge < -0.3 is 42.0 Å². The number of likely N-dealkylation sites (N-methyl/N-ethyl adjacent to an activating group) is 2. The first-order valence-electron chi connectivity index (χ1n) is 50.4. The molecule has 14 aliphatic rings. The average molecular weight is 1650 g/mol. The molecule has 0 aliphatic carbocycles. The van der Waals surface area contributed by atoms with Gasteiger partial charge >= 0.3 is 0 Å². The highest BCUT2D eigenvalue weighted by Gasteiger charge is 2.55. The number of fused-ring (bicyclic) bond motifs is 6. The predicted molar refractivity (Wildman–Crippen MR) is 509 cm³/mol. The third-order valence-corrected chi connectivity index (χ3v) is 35.9. The van der Waals surface area contributed by atoms with Gasteiger partial charge in [0, 0.05) is 169 Å². The van der Waals surface area contributed by atoms with Gasteiger partial charge in [0.2, 0.25) is 11.9 Å². The second kappa shape index (κ2) is 41.4. The number of nitrogens with one attached hydrogen (secondary N) is 1. The topological polar surface area (TPSA) is 40.9 Å². The molecule has 10 saturated heterocycles. The molecule has 15 heteroatoms. The molecular formula is C103H203N15+8. The predicted octanol–water partition coefficient (Wildman–Crippen LogP) is 19.1. The van der Waals surface area contributed by atoms with Crippen LogP contribution in [0.15, 0.2) is 35.7 Å². The van der Waals surface area contributed by atoms with Crippen molar-refractivity contribution in [1.29, 1.82) is 0 Å². The lowest BCUT2D eigenvalue weighted by atomic mass is 9.64. The van der Waals surface area contributed by atoms with E-state index >= 15 is 0 Å². The minimum absolute atomic E-state index is 0.543. The molecule has 16 rings (SSSR count). The van der Waals surface area contributed by atoms with E-state index in [0.717, 1.165) is 96.9 Å². The summed E-state index contributed by atoms with van der Waals surface area (Å²) < 4.78 is 15.0. The van der Waals surface area contributed by atoms with E-state index in [4.69, 9.17) is 0 Å². The quantitative estimate of drug-likeness (QED) is 0.103. The molecule has 0 aromatic carbocycles. The van der Waals surface area contributed by atoms with Crippen molar-refractivity contribution in [3.05, 3.63) is 46.9 Å². The Labute approximate surface area is 733 Å². The monoisotopic (exact) mass is 1650 g/mol. The zero-order chi connectivity index (χ0) is 88.0. The smallest absolute Gasteiger partial charge is 0.206 e. The number of quaternary nitrogens is 6. The molecule has 0 radical (unpaired) electrons. The summed E-state index contributed by atoms with van der Waals surface area (Å²) in [7, 11) is 9.78. The Balaban J connectivity index is 0.000000169. The number of hydrogen-bond acceptors (Lipinski definition) is 6. The molecule has 2 spiro atoms. The Hall–Kier alpha value is -2.70. The zero-order valence-corrected chi connectivity index (χ0v) is 85.4. The Morgan fingerprint density at radius 2 is 0.932 bits per heavy atom. The van der Waals surface area contributed by atoms with Crippen LogP contribution in [0.3, 0.4) is 0 Å². The second-order valence-electron chi connectivity index (χ2n) is 47.2. The van der Waals surface area contributed by atoms with Crippen LogP contribution in [-0.4, -0.2) is 301 Å². The molecule has 2 aromatic rings. The van der Waals surface area contributed by atoms with Crippen LogP contribution < -0.4 is 19.5 Å². The van der Waals surface area contributed by atoms with Crippen LogP contribution in [0, 0.1) is 22.2 Å². The Morgan fingerprint density at radius 3 is 1.33 bits per heavy atom. The number of hydrogen-bond donors (Lipinski definition) is 1. The fraction of sp³-hybridized carbons (Fsp3) is 0.903. The summed E-state index contributed by atoms with van der Waals surface area (Å²) in [4.78, 5) is 13.1. The molecule has 1 N–H and O–H groups in total. The fourth-order valence-electron chi connectivity index (χ4n) is 24.3. The summed E-state index contributed by atoms with van der Waals surface area (Å²) >= 11 is 0. The van der Waals surface area contributed by atoms with Crippen LogP contribution in [0.1, 0.15) is 334 Å². The van der Waals surface area contributed by atoms with Crippen LogP contribution >= 0.6 is 0 Å². The maximum absolute atomic E-state index is 3.47. The molecule has 118 heavy (non-hydrogen) atoms. The number of pyridine rings is 1. The normalized spacial score (nSPS) is 27.7. The number of rotatable bonds is 16. The van der Waals surface area contributed by atoms with Crippen molar-refractivity contribution in [2.75, 3.05) is 176 Å². The lowest BCUT2D eigenvalue weighted by Crippen LogP contribution is -2.66. The maximum atomic E-state index is 3.47. The van der Waals surface area contributed by atoms with Gasteiger partial charge in [-0.25, -0.2) is 0 Å². The van der Waals surface area contributed by atoms with Crippen molar-refractivity contribution in [3.63, 3.8) is 0 Å². The van der Waals surface area contributed by atoms with Gasteiger partial charge in [-0.2, -0.15) is 4.57 Å². The summed E-state index contributed by atoms with van der Waals surface area (Å²) in [5, 5.41) is 3.47. The van der Waals surface area contributed by atoms with Gasteiger partial charge in [0.15, 0.2) is 24.1 Å². The van der Waals surface area contributed by atoms with Crippen molar-refractivity contribution < 1.29 is 36.1 Å². The van der Waals surface area contributed by atoms with Gasteiger partial charge in [-0.3, -0.25) is 14.7 Å². The van der Waals surface area contributed by atoms with E-state index in [1.807, 2.05) is 0 Å². The molecule has 2 aromatic heterocycles. The molecule has 15 nitrogen and oxygen atoms in total. The molecule has 16 heterocycles. The first-order valence-corrected chi connectivity index (χ1v) is 50.4. The zero-order valence-electron chi connectivity index (χ0n) is 85.4. The number of aromatic nitrogens is 3. The van der Waals surface area contributed by atoms with Gasteiger partial charge in [0.25, 0.3) is 0 Å². The molecule has 3 unspecified atom stereocenters. The van der Waals surface area contributed by atoms with E-state index in [0.29, 0.717) is 40.9 Å². The van der Waals surface area contributed by atoms with Crippen molar-refractivity contribution >= 4 is 11.5 Å². The minimum Gasteiger partial charge on any atom is -0.365 e. The highest BCUT2D eigenvalue weighted by Crippen LogP contribution is 2.51. The molecule has 3 atom stereocenters. The second-order valence-corrected chi connectivity index (χ2v) is 47.2. The highest BCUT2D eigenvalue weighted by atomic mass is 15.5.